The van der Waals surface area contributed by atoms with Crippen molar-refractivity contribution >= 4 is 17.6 Å². The molecule has 7 nitrogen and oxygen atoms in total. The van der Waals surface area contributed by atoms with E-state index in [-0.39, 0.29) is 18.2 Å². The summed E-state index contributed by atoms with van der Waals surface area (Å²) in [7, 11) is 0. The van der Waals surface area contributed by atoms with Crippen molar-refractivity contribution in [2.24, 2.45) is 5.41 Å². The molecule has 1 aromatic rings. The van der Waals surface area contributed by atoms with E-state index in [1.807, 2.05) is 0 Å². The molecule has 0 aromatic heterocycles. The van der Waals surface area contributed by atoms with Crippen LogP contribution in [0.25, 0.3) is 0 Å². The van der Waals surface area contributed by atoms with E-state index in [9.17, 15) is 24.8 Å². The number of aliphatic carboxylic acids is 1. The van der Waals surface area contributed by atoms with Crippen molar-refractivity contribution in [3.8, 4) is 0 Å². The summed E-state index contributed by atoms with van der Waals surface area (Å²) in [5, 5.41) is 22.7. The molecule has 1 aliphatic carbocycles. The van der Waals surface area contributed by atoms with Crippen molar-refractivity contribution < 1.29 is 19.6 Å². The number of amides is 1. The largest absolute Gasteiger partial charge is 0.480 e. The van der Waals surface area contributed by atoms with E-state index in [1.54, 1.807) is 0 Å². The molecule has 0 bridgehead atoms. The van der Waals surface area contributed by atoms with E-state index in [1.165, 1.54) is 31.2 Å². The molecule has 112 valence electrons. The lowest BCUT2D eigenvalue weighted by molar-refractivity contribution is -0.384. The van der Waals surface area contributed by atoms with E-state index in [0.717, 1.165) is 12.8 Å². The molecule has 1 atom stereocenters. The van der Waals surface area contributed by atoms with E-state index in [0.29, 0.717) is 5.56 Å². The number of nitrogens with zero attached hydrogens (tertiary/aromatic N) is 1. The third-order valence-corrected chi connectivity index (χ3v) is 3.59. The summed E-state index contributed by atoms with van der Waals surface area (Å²) in [6, 6.07) is 5.63. The average Bonchev–Trinajstić information content (AvgIpc) is 3.22. The lowest BCUT2D eigenvalue weighted by Crippen LogP contribution is -2.46. The van der Waals surface area contributed by atoms with E-state index in [4.69, 9.17) is 0 Å². The molecule has 7 heteroatoms. The number of nitro benzene ring substituents is 1. The first-order chi connectivity index (χ1) is 9.83. The highest BCUT2D eigenvalue weighted by Gasteiger charge is 2.43. The Labute approximate surface area is 121 Å². The van der Waals surface area contributed by atoms with Crippen LogP contribution < -0.4 is 5.32 Å². The maximum Gasteiger partial charge on any atom is 0.319 e. The molecular formula is C14H16N2O5. The summed E-state index contributed by atoms with van der Waals surface area (Å²) in [6.45, 7) is 1.37. The van der Waals surface area contributed by atoms with Crippen LogP contribution in [0.3, 0.4) is 0 Å². The number of carbonyl (C=O) groups is 2. The minimum atomic E-state index is -1.58. The maximum absolute atomic E-state index is 12.1. The number of non-ortho nitro benzene ring substituents is 1. The number of hydrogen-bond acceptors (Lipinski definition) is 4. The third-order valence-electron chi connectivity index (χ3n) is 3.59. The molecule has 21 heavy (non-hydrogen) atoms. The predicted molar refractivity (Wildman–Crippen MR) is 73.7 cm³/mol. The fourth-order valence-corrected chi connectivity index (χ4v) is 1.97. The van der Waals surface area contributed by atoms with Crippen molar-refractivity contribution in [3.63, 3.8) is 0 Å². The standard InChI is InChI=1S/C14H16N2O5/c1-14(13(18)19,12(17)15-10-4-5-10)8-9-2-6-11(7-3-9)16(20)21/h2-3,6-7,10H,4-5,8H2,1H3,(H,15,17)(H,18,19). The summed E-state index contributed by atoms with van der Waals surface area (Å²) in [5.41, 5.74) is -1.09. The number of nitrogens with one attached hydrogen (secondary N) is 1. The van der Waals surface area contributed by atoms with E-state index >= 15 is 0 Å². The molecule has 0 heterocycles. The summed E-state index contributed by atoms with van der Waals surface area (Å²) in [4.78, 5) is 33.7. The second kappa shape index (κ2) is 5.51. The zero-order chi connectivity index (χ0) is 15.6. The Morgan fingerprint density at radius 3 is 2.38 bits per heavy atom. The molecule has 2 rings (SSSR count). The highest BCUT2D eigenvalue weighted by atomic mass is 16.6. The zero-order valence-corrected chi connectivity index (χ0v) is 11.5. The van der Waals surface area contributed by atoms with Crippen LogP contribution in [-0.2, 0) is 16.0 Å². The summed E-state index contributed by atoms with van der Waals surface area (Å²) in [6.07, 6.45) is 1.73. The first-order valence-corrected chi connectivity index (χ1v) is 6.60. The molecule has 1 aliphatic rings. The monoisotopic (exact) mass is 292 g/mol. The smallest absolute Gasteiger partial charge is 0.319 e. The Hall–Kier alpha value is -2.44. The Bertz CT molecular complexity index is 580. The second-order valence-electron chi connectivity index (χ2n) is 5.49. The third kappa shape index (κ3) is 3.36. The molecule has 0 saturated heterocycles. The van der Waals surface area contributed by atoms with Gasteiger partial charge in [0.1, 0.15) is 5.41 Å². The molecule has 1 aromatic carbocycles. The van der Waals surface area contributed by atoms with E-state index in [2.05, 4.69) is 5.32 Å². The minimum absolute atomic E-state index is 0.0150. The van der Waals surface area contributed by atoms with Crippen molar-refractivity contribution in [3.05, 3.63) is 39.9 Å². The molecule has 2 N–H and O–H groups in total. The van der Waals surface area contributed by atoms with Crippen LogP contribution in [0.4, 0.5) is 5.69 Å². The molecular weight excluding hydrogens is 276 g/mol. The van der Waals surface area contributed by atoms with Crippen LogP contribution in [0.15, 0.2) is 24.3 Å². The Morgan fingerprint density at radius 1 is 1.38 bits per heavy atom. The molecule has 1 unspecified atom stereocenters. The zero-order valence-electron chi connectivity index (χ0n) is 11.5. The fraction of sp³-hybridized carbons (Fsp3) is 0.429. The number of carboxylic acids is 1. The Kier molecular flexibility index (Phi) is 3.93. The van der Waals surface area contributed by atoms with Crippen LogP contribution in [-0.4, -0.2) is 27.9 Å². The van der Waals surface area contributed by atoms with Crippen molar-refractivity contribution in [2.45, 2.75) is 32.2 Å². The average molecular weight is 292 g/mol. The minimum Gasteiger partial charge on any atom is -0.480 e. The predicted octanol–water partition coefficient (Wildman–Crippen LogP) is 1.51. The topological polar surface area (TPSA) is 110 Å². The highest BCUT2D eigenvalue weighted by Crippen LogP contribution is 2.27. The maximum atomic E-state index is 12.1. The number of hydrogen-bond donors (Lipinski definition) is 2. The number of carboxylic acid groups (broad SMARTS) is 1. The molecule has 0 aliphatic heterocycles. The second-order valence-corrected chi connectivity index (χ2v) is 5.49. The van der Waals surface area contributed by atoms with Gasteiger partial charge >= 0.3 is 5.97 Å². The van der Waals surface area contributed by atoms with Gasteiger partial charge in [0.2, 0.25) is 5.91 Å². The van der Waals surface area contributed by atoms with E-state index < -0.39 is 22.2 Å². The summed E-state index contributed by atoms with van der Waals surface area (Å²) in [5.74, 6) is -1.73. The van der Waals surface area contributed by atoms with Crippen molar-refractivity contribution in [2.75, 3.05) is 0 Å². The Balaban J connectivity index is 2.16. The summed E-state index contributed by atoms with van der Waals surface area (Å²) >= 11 is 0. The van der Waals surface area contributed by atoms with Gasteiger partial charge in [0, 0.05) is 18.2 Å². The van der Waals surface area contributed by atoms with Gasteiger partial charge in [0.05, 0.1) is 4.92 Å². The van der Waals surface area contributed by atoms with Gasteiger partial charge < -0.3 is 10.4 Å². The summed E-state index contributed by atoms with van der Waals surface area (Å²) < 4.78 is 0. The van der Waals surface area contributed by atoms with Gasteiger partial charge in [-0.3, -0.25) is 19.7 Å². The molecule has 1 amide bonds. The van der Waals surface area contributed by atoms with Gasteiger partial charge in [-0.05, 0) is 31.7 Å². The SMILES string of the molecule is CC(Cc1ccc([N+](=O)[O-])cc1)(C(=O)O)C(=O)NC1CC1. The van der Waals surface area contributed by atoms with Crippen LogP contribution in [0.1, 0.15) is 25.3 Å². The van der Waals surface area contributed by atoms with Crippen LogP contribution in [0, 0.1) is 15.5 Å². The molecule has 1 fully saturated rings. The Morgan fingerprint density at radius 2 is 1.95 bits per heavy atom. The van der Waals surface area contributed by atoms with Gasteiger partial charge in [0.25, 0.3) is 5.69 Å². The molecule has 1 saturated carbocycles. The lowest BCUT2D eigenvalue weighted by atomic mass is 9.82. The number of benzene rings is 1. The van der Waals surface area contributed by atoms with Gasteiger partial charge in [0.15, 0.2) is 0 Å². The highest BCUT2D eigenvalue weighted by molar-refractivity contribution is 6.02. The number of nitro groups is 1. The van der Waals surface area contributed by atoms with Gasteiger partial charge in [-0.25, -0.2) is 0 Å². The normalized spacial score (nSPS) is 16.8. The van der Waals surface area contributed by atoms with Gasteiger partial charge in [-0.15, -0.1) is 0 Å². The van der Waals surface area contributed by atoms with Crippen molar-refractivity contribution in [1.82, 2.24) is 5.32 Å². The lowest BCUT2D eigenvalue weighted by Gasteiger charge is -2.23. The molecule has 0 radical (unpaired) electrons. The van der Waals surface area contributed by atoms with Crippen LogP contribution in [0.5, 0.6) is 0 Å². The first kappa shape index (κ1) is 15.0. The first-order valence-electron chi connectivity index (χ1n) is 6.60. The van der Waals surface area contributed by atoms with Gasteiger partial charge in [-0.2, -0.15) is 0 Å². The fourth-order valence-electron chi connectivity index (χ4n) is 1.97. The van der Waals surface area contributed by atoms with Crippen LogP contribution in [0.2, 0.25) is 0 Å². The van der Waals surface area contributed by atoms with Crippen molar-refractivity contribution in [1.29, 1.82) is 0 Å². The quantitative estimate of drug-likeness (QED) is 0.469. The molecule has 0 spiro atoms. The van der Waals surface area contributed by atoms with Gasteiger partial charge in [-0.1, -0.05) is 12.1 Å². The number of carbonyl (C=O) groups excluding carboxylic acids is 1. The van der Waals surface area contributed by atoms with Crippen LogP contribution >= 0.6 is 0 Å². The number of rotatable bonds is 6.